The number of nitro benzene ring substituents is 1. The maximum atomic E-state index is 10.7. The van der Waals surface area contributed by atoms with E-state index in [-0.39, 0.29) is 11.3 Å². The second-order valence-electron chi connectivity index (χ2n) is 3.46. The SMILES string of the molecule is O=Cc1cc(N2CCC2)ccc1[N+](=O)[O-]. The summed E-state index contributed by atoms with van der Waals surface area (Å²) in [5.74, 6) is 0. The number of carbonyl (C=O) groups is 1. The highest BCUT2D eigenvalue weighted by molar-refractivity contribution is 5.83. The summed E-state index contributed by atoms with van der Waals surface area (Å²) >= 11 is 0. The van der Waals surface area contributed by atoms with E-state index in [9.17, 15) is 14.9 Å². The van der Waals surface area contributed by atoms with Crippen LogP contribution in [0.15, 0.2) is 18.2 Å². The van der Waals surface area contributed by atoms with Crippen molar-refractivity contribution in [1.29, 1.82) is 0 Å². The zero-order valence-electron chi connectivity index (χ0n) is 8.05. The van der Waals surface area contributed by atoms with Gasteiger partial charge in [0.2, 0.25) is 0 Å². The fourth-order valence-corrected chi connectivity index (χ4v) is 1.57. The maximum Gasteiger partial charge on any atom is 0.280 e. The van der Waals surface area contributed by atoms with Gasteiger partial charge in [0, 0.05) is 24.8 Å². The molecule has 1 heterocycles. The molecule has 1 aromatic rings. The number of rotatable bonds is 3. The number of carbonyl (C=O) groups excluding carboxylic acids is 1. The zero-order chi connectivity index (χ0) is 10.8. The van der Waals surface area contributed by atoms with E-state index in [0.717, 1.165) is 25.2 Å². The summed E-state index contributed by atoms with van der Waals surface area (Å²) in [5.41, 5.74) is 0.896. The van der Waals surface area contributed by atoms with Crippen molar-refractivity contribution < 1.29 is 9.72 Å². The van der Waals surface area contributed by atoms with E-state index in [2.05, 4.69) is 4.90 Å². The Bertz CT molecular complexity index is 413. The van der Waals surface area contributed by atoms with Gasteiger partial charge in [-0.15, -0.1) is 0 Å². The molecule has 0 aromatic heterocycles. The molecule has 2 rings (SSSR count). The molecule has 0 aliphatic carbocycles. The Morgan fingerprint density at radius 1 is 1.40 bits per heavy atom. The van der Waals surface area contributed by atoms with Crippen molar-refractivity contribution in [2.24, 2.45) is 0 Å². The molecule has 1 aliphatic heterocycles. The number of nitro groups is 1. The van der Waals surface area contributed by atoms with Crippen molar-refractivity contribution >= 4 is 17.7 Å². The van der Waals surface area contributed by atoms with Crippen molar-refractivity contribution in [3.05, 3.63) is 33.9 Å². The predicted molar refractivity (Wildman–Crippen MR) is 55.3 cm³/mol. The molecular formula is C10H10N2O3. The van der Waals surface area contributed by atoms with Gasteiger partial charge in [-0.3, -0.25) is 14.9 Å². The third kappa shape index (κ3) is 1.68. The van der Waals surface area contributed by atoms with Crippen molar-refractivity contribution in [3.8, 4) is 0 Å². The van der Waals surface area contributed by atoms with Crippen molar-refractivity contribution in [2.75, 3.05) is 18.0 Å². The van der Waals surface area contributed by atoms with Gasteiger partial charge in [0.1, 0.15) is 0 Å². The summed E-state index contributed by atoms with van der Waals surface area (Å²) in [7, 11) is 0. The van der Waals surface area contributed by atoms with Crippen LogP contribution < -0.4 is 4.90 Å². The van der Waals surface area contributed by atoms with Gasteiger partial charge in [0.05, 0.1) is 10.5 Å². The molecule has 0 bridgehead atoms. The lowest BCUT2D eigenvalue weighted by Crippen LogP contribution is -2.36. The van der Waals surface area contributed by atoms with Crippen LogP contribution in [0.25, 0.3) is 0 Å². The smallest absolute Gasteiger partial charge is 0.280 e. The number of hydrogen-bond donors (Lipinski definition) is 0. The first-order chi connectivity index (χ1) is 7.22. The quantitative estimate of drug-likeness (QED) is 0.428. The van der Waals surface area contributed by atoms with E-state index in [1.165, 1.54) is 6.07 Å². The molecule has 0 N–H and O–H groups in total. The largest absolute Gasteiger partial charge is 0.371 e. The molecule has 5 heteroatoms. The van der Waals surface area contributed by atoms with Crippen LogP contribution in [-0.4, -0.2) is 24.3 Å². The van der Waals surface area contributed by atoms with E-state index < -0.39 is 4.92 Å². The Labute approximate surface area is 86.5 Å². The van der Waals surface area contributed by atoms with E-state index in [4.69, 9.17) is 0 Å². The van der Waals surface area contributed by atoms with Gasteiger partial charge in [-0.25, -0.2) is 0 Å². The number of anilines is 1. The monoisotopic (exact) mass is 206 g/mol. The summed E-state index contributed by atoms with van der Waals surface area (Å²) < 4.78 is 0. The molecule has 0 atom stereocenters. The molecule has 0 saturated carbocycles. The maximum absolute atomic E-state index is 10.7. The topological polar surface area (TPSA) is 63.5 Å². The van der Waals surface area contributed by atoms with Crippen molar-refractivity contribution in [3.63, 3.8) is 0 Å². The van der Waals surface area contributed by atoms with Gasteiger partial charge in [0.15, 0.2) is 6.29 Å². The van der Waals surface area contributed by atoms with Crippen LogP contribution in [-0.2, 0) is 0 Å². The third-order valence-electron chi connectivity index (χ3n) is 2.56. The first-order valence-corrected chi connectivity index (χ1v) is 4.71. The first-order valence-electron chi connectivity index (χ1n) is 4.71. The second-order valence-corrected chi connectivity index (χ2v) is 3.46. The van der Waals surface area contributed by atoms with Crippen LogP contribution in [0.1, 0.15) is 16.8 Å². The normalized spacial score (nSPS) is 14.5. The summed E-state index contributed by atoms with van der Waals surface area (Å²) in [6, 6.07) is 4.64. The van der Waals surface area contributed by atoms with Crippen LogP contribution in [0.5, 0.6) is 0 Å². The molecular weight excluding hydrogens is 196 g/mol. The van der Waals surface area contributed by atoms with Gasteiger partial charge in [-0.05, 0) is 18.6 Å². The Morgan fingerprint density at radius 3 is 2.60 bits per heavy atom. The van der Waals surface area contributed by atoms with Gasteiger partial charge in [-0.1, -0.05) is 0 Å². The average molecular weight is 206 g/mol. The lowest BCUT2D eigenvalue weighted by molar-refractivity contribution is -0.385. The van der Waals surface area contributed by atoms with Crippen LogP contribution in [0, 0.1) is 10.1 Å². The lowest BCUT2D eigenvalue weighted by Gasteiger charge is -2.33. The minimum absolute atomic E-state index is 0.130. The summed E-state index contributed by atoms with van der Waals surface area (Å²) in [5, 5.41) is 10.6. The van der Waals surface area contributed by atoms with E-state index in [1.807, 2.05) is 0 Å². The van der Waals surface area contributed by atoms with Crippen LogP contribution in [0.4, 0.5) is 11.4 Å². The molecule has 1 aliphatic rings. The highest BCUT2D eigenvalue weighted by Crippen LogP contribution is 2.26. The van der Waals surface area contributed by atoms with E-state index in [0.29, 0.717) is 6.29 Å². The third-order valence-corrected chi connectivity index (χ3v) is 2.56. The highest BCUT2D eigenvalue weighted by atomic mass is 16.6. The number of aldehydes is 1. The fraction of sp³-hybridized carbons (Fsp3) is 0.300. The summed E-state index contributed by atoms with van der Waals surface area (Å²) in [4.78, 5) is 22.8. The number of nitrogens with zero attached hydrogens (tertiary/aromatic N) is 2. The molecule has 0 unspecified atom stereocenters. The van der Waals surface area contributed by atoms with Gasteiger partial charge < -0.3 is 4.90 Å². The molecule has 1 aromatic carbocycles. The lowest BCUT2D eigenvalue weighted by atomic mass is 10.1. The van der Waals surface area contributed by atoms with Crippen molar-refractivity contribution in [1.82, 2.24) is 0 Å². The Kier molecular flexibility index (Phi) is 2.37. The average Bonchev–Trinajstić information content (AvgIpc) is 2.14. The Morgan fingerprint density at radius 2 is 2.13 bits per heavy atom. The Hall–Kier alpha value is -1.91. The molecule has 15 heavy (non-hydrogen) atoms. The van der Waals surface area contributed by atoms with Gasteiger partial charge in [0.25, 0.3) is 5.69 Å². The number of benzene rings is 1. The Balaban J connectivity index is 2.37. The van der Waals surface area contributed by atoms with E-state index in [1.54, 1.807) is 12.1 Å². The molecule has 5 nitrogen and oxygen atoms in total. The zero-order valence-corrected chi connectivity index (χ0v) is 8.05. The summed E-state index contributed by atoms with van der Waals surface area (Å²) in [6.45, 7) is 1.91. The van der Waals surface area contributed by atoms with Crippen LogP contribution in [0.2, 0.25) is 0 Å². The van der Waals surface area contributed by atoms with Gasteiger partial charge in [-0.2, -0.15) is 0 Å². The molecule has 0 amide bonds. The van der Waals surface area contributed by atoms with Crippen LogP contribution in [0.3, 0.4) is 0 Å². The molecule has 0 spiro atoms. The first kappa shape index (κ1) is 9.64. The minimum Gasteiger partial charge on any atom is -0.371 e. The second kappa shape index (κ2) is 3.68. The van der Waals surface area contributed by atoms with Crippen LogP contribution >= 0.6 is 0 Å². The highest BCUT2D eigenvalue weighted by Gasteiger charge is 2.19. The standard InChI is InChI=1S/C10H10N2O3/c13-7-8-6-9(11-4-1-5-11)2-3-10(8)12(14)15/h2-3,6-7H,1,4-5H2. The fourth-order valence-electron chi connectivity index (χ4n) is 1.57. The molecule has 78 valence electrons. The van der Waals surface area contributed by atoms with E-state index >= 15 is 0 Å². The minimum atomic E-state index is -0.538. The summed E-state index contributed by atoms with van der Waals surface area (Å²) in [6.07, 6.45) is 1.66. The van der Waals surface area contributed by atoms with Crippen molar-refractivity contribution in [2.45, 2.75) is 6.42 Å². The predicted octanol–water partition coefficient (Wildman–Crippen LogP) is 1.62. The van der Waals surface area contributed by atoms with Gasteiger partial charge >= 0.3 is 0 Å². The molecule has 1 fully saturated rings. The molecule has 1 saturated heterocycles. The number of hydrogen-bond acceptors (Lipinski definition) is 4. The molecule has 0 radical (unpaired) electrons.